The quantitative estimate of drug-likeness (QED) is 0.505. The molecule has 3 aromatic rings. The Hall–Kier alpha value is -2.91. The molecule has 172 valence electrons. The van der Waals surface area contributed by atoms with Gasteiger partial charge in [0.15, 0.2) is 0 Å². The number of para-hydroxylation sites is 1. The van der Waals surface area contributed by atoms with Gasteiger partial charge in [0.25, 0.3) is 0 Å². The van der Waals surface area contributed by atoms with E-state index >= 15 is 0 Å². The first-order chi connectivity index (χ1) is 15.2. The number of likely N-dealkylation sites (N-methyl/N-ethyl adjacent to an activating group) is 1. The molecule has 0 fully saturated rings. The van der Waals surface area contributed by atoms with Crippen LogP contribution in [0.4, 0.5) is 5.69 Å². The molecule has 0 saturated heterocycles. The highest BCUT2D eigenvalue weighted by Gasteiger charge is 2.19. The zero-order valence-electron chi connectivity index (χ0n) is 19.1. The van der Waals surface area contributed by atoms with Gasteiger partial charge in [0.2, 0.25) is 15.9 Å². The van der Waals surface area contributed by atoms with Crippen LogP contribution < -0.4 is 10.2 Å². The molecule has 9 heteroatoms. The standard InChI is InChI=1S/C23H31N5O3S/c1-5-28-21-12-11-19(32(30,31)26(2)3)17-20(21)25-22(28)13-14-23(29)24-15-16-27(4)18-9-7-6-8-10-18/h6-12,17H,5,13-16H2,1-4H3,(H,24,29). The number of carbonyl (C=O) groups is 1. The summed E-state index contributed by atoms with van der Waals surface area (Å²) in [6, 6.07) is 15.0. The topological polar surface area (TPSA) is 87.5 Å². The van der Waals surface area contributed by atoms with Crippen LogP contribution in [0.15, 0.2) is 53.4 Å². The first-order valence-corrected chi connectivity index (χ1v) is 12.1. The van der Waals surface area contributed by atoms with Crippen LogP contribution in [0.3, 0.4) is 0 Å². The highest BCUT2D eigenvalue weighted by molar-refractivity contribution is 7.89. The van der Waals surface area contributed by atoms with Crippen molar-refractivity contribution in [1.82, 2.24) is 19.2 Å². The van der Waals surface area contributed by atoms with Gasteiger partial charge in [-0.15, -0.1) is 0 Å². The Labute approximate surface area is 189 Å². The largest absolute Gasteiger partial charge is 0.373 e. The lowest BCUT2D eigenvalue weighted by atomic mass is 10.2. The molecule has 0 unspecified atom stereocenters. The van der Waals surface area contributed by atoms with E-state index in [0.29, 0.717) is 38.0 Å². The second-order valence-electron chi connectivity index (χ2n) is 7.82. The maximum Gasteiger partial charge on any atom is 0.242 e. The molecule has 0 atom stereocenters. The zero-order valence-corrected chi connectivity index (χ0v) is 19.9. The van der Waals surface area contributed by atoms with E-state index < -0.39 is 10.0 Å². The lowest BCUT2D eigenvalue weighted by Crippen LogP contribution is -2.33. The van der Waals surface area contributed by atoms with Crippen molar-refractivity contribution >= 4 is 32.7 Å². The number of anilines is 1. The number of aryl methyl sites for hydroxylation is 2. The molecular formula is C23H31N5O3S. The summed E-state index contributed by atoms with van der Waals surface area (Å²) in [6.45, 7) is 3.97. The number of nitrogens with zero attached hydrogens (tertiary/aromatic N) is 4. The fourth-order valence-electron chi connectivity index (χ4n) is 3.56. The van der Waals surface area contributed by atoms with Gasteiger partial charge in [-0.05, 0) is 37.3 Å². The summed E-state index contributed by atoms with van der Waals surface area (Å²) in [5.74, 6) is 0.746. The number of benzene rings is 2. The summed E-state index contributed by atoms with van der Waals surface area (Å²) in [6.07, 6.45) is 0.805. The number of hydrogen-bond donors (Lipinski definition) is 1. The van der Waals surface area contributed by atoms with E-state index in [1.807, 2.05) is 48.9 Å². The Bertz CT molecular complexity index is 1170. The number of rotatable bonds is 10. The summed E-state index contributed by atoms with van der Waals surface area (Å²) in [4.78, 5) is 19.3. The molecule has 3 rings (SSSR count). The fraction of sp³-hybridized carbons (Fsp3) is 0.391. The molecule has 0 spiro atoms. The summed E-state index contributed by atoms with van der Waals surface area (Å²) in [7, 11) is 1.48. The maximum absolute atomic E-state index is 12.4. The van der Waals surface area contributed by atoms with Gasteiger partial charge in [-0.3, -0.25) is 4.79 Å². The second kappa shape index (κ2) is 10.1. The predicted octanol–water partition coefficient (Wildman–Crippen LogP) is 2.49. The van der Waals surface area contributed by atoms with Crippen molar-refractivity contribution in [2.45, 2.75) is 31.2 Å². The molecule has 32 heavy (non-hydrogen) atoms. The van der Waals surface area contributed by atoms with Crippen LogP contribution in [0.2, 0.25) is 0 Å². The molecule has 0 aliphatic heterocycles. The Morgan fingerprint density at radius 1 is 1.09 bits per heavy atom. The van der Waals surface area contributed by atoms with Gasteiger partial charge in [0.1, 0.15) is 5.82 Å². The molecule has 0 radical (unpaired) electrons. The number of sulfonamides is 1. The molecule has 1 amide bonds. The minimum absolute atomic E-state index is 0.0305. The van der Waals surface area contributed by atoms with Gasteiger partial charge >= 0.3 is 0 Å². The van der Waals surface area contributed by atoms with Gasteiger partial charge in [0.05, 0.1) is 15.9 Å². The van der Waals surface area contributed by atoms with Crippen molar-refractivity contribution in [2.24, 2.45) is 0 Å². The van der Waals surface area contributed by atoms with Crippen LogP contribution in [0.5, 0.6) is 0 Å². The number of amides is 1. The number of carbonyl (C=O) groups excluding carboxylic acids is 1. The summed E-state index contributed by atoms with van der Waals surface area (Å²) in [5, 5.41) is 2.96. The predicted molar refractivity (Wildman–Crippen MR) is 127 cm³/mol. The Balaban J connectivity index is 1.62. The van der Waals surface area contributed by atoms with E-state index in [-0.39, 0.29) is 10.8 Å². The van der Waals surface area contributed by atoms with Crippen LogP contribution >= 0.6 is 0 Å². The van der Waals surface area contributed by atoms with Crippen molar-refractivity contribution in [3.05, 3.63) is 54.4 Å². The van der Waals surface area contributed by atoms with Gasteiger partial charge in [-0.25, -0.2) is 17.7 Å². The molecule has 1 N–H and O–H groups in total. The first kappa shape index (κ1) is 23.7. The van der Waals surface area contributed by atoms with E-state index in [2.05, 4.69) is 15.2 Å². The molecule has 8 nitrogen and oxygen atoms in total. The average molecular weight is 458 g/mol. The number of fused-ring (bicyclic) bond motifs is 1. The normalized spacial score (nSPS) is 11.8. The summed E-state index contributed by atoms with van der Waals surface area (Å²) in [5.41, 5.74) is 2.59. The molecular weight excluding hydrogens is 426 g/mol. The molecule has 1 heterocycles. The molecule has 0 bridgehead atoms. The Morgan fingerprint density at radius 3 is 2.47 bits per heavy atom. The van der Waals surface area contributed by atoms with Crippen molar-refractivity contribution in [1.29, 1.82) is 0 Å². The molecule has 0 saturated carbocycles. The molecule has 0 aliphatic rings. The Kier molecular flexibility index (Phi) is 7.52. The van der Waals surface area contributed by atoms with Crippen LogP contribution in [-0.4, -0.2) is 62.4 Å². The van der Waals surface area contributed by atoms with E-state index in [1.54, 1.807) is 18.2 Å². The number of aromatic nitrogens is 2. The maximum atomic E-state index is 12.4. The van der Waals surface area contributed by atoms with Crippen molar-refractivity contribution in [3.8, 4) is 0 Å². The summed E-state index contributed by atoms with van der Waals surface area (Å²) < 4.78 is 28.1. The average Bonchev–Trinajstić information content (AvgIpc) is 3.14. The van der Waals surface area contributed by atoms with Crippen LogP contribution in [0, 0.1) is 0 Å². The van der Waals surface area contributed by atoms with Gasteiger partial charge in [0, 0.05) is 59.3 Å². The van der Waals surface area contributed by atoms with Crippen LogP contribution in [0.25, 0.3) is 11.0 Å². The Morgan fingerprint density at radius 2 is 1.81 bits per heavy atom. The van der Waals surface area contributed by atoms with Gasteiger partial charge in [-0.2, -0.15) is 0 Å². The molecule has 0 aliphatic carbocycles. The zero-order chi connectivity index (χ0) is 23.3. The van der Waals surface area contributed by atoms with E-state index in [0.717, 1.165) is 17.0 Å². The SMILES string of the molecule is CCn1c(CCC(=O)NCCN(C)c2ccccc2)nc2cc(S(=O)(=O)N(C)C)ccc21. The lowest BCUT2D eigenvalue weighted by Gasteiger charge is -2.19. The van der Waals surface area contributed by atoms with E-state index in [9.17, 15) is 13.2 Å². The minimum atomic E-state index is -3.53. The van der Waals surface area contributed by atoms with Crippen molar-refractivity contribution < 1.29 is 13.2 Å². The lowest BCUT2D eigenvalue weighted by molar-refractivity contribution is -0.121. The van der Waals surface area contributed by atoms with Gasteiger partial charge in [-0.1, -0.05) is 18.2 Å². The number of imidazole rings is 1. The number of hydrogen-bond acceptors (Lipinski definition) is 5. The van der Waals surface area contributed by atoms with Crippen LogP contribution in [0.1, 0.15) is 19.2 Å². The van der Waals surface area contributed by atoms with Crippen LogP contribution in [-0.2, 0) is 27.8 Å². The number of nitrogens with one attached hydrogen (secondary N) is 1. The van der Waals surface area contributed by atoms with Crippen molar-refractivity contribution in [3.63, 3.8) is 0 Å². The summed E-state index contributed by atoms with van der Waals surface area (Å²) >= 11 is 0. The fourth-order valence-corrected chi connectivity index (χ4v) is 4.48. The minimum Gasteiger partial charge on any atom is -0.373 e. The van der Waals surface area contributed by atoms with Gasteiger partial charge < -0.3 is 14.8 Å². The van der Waals surface area contributed by atoms with E-state index in [1.165, 1.54) is 18.4 Å². The van der Waals surface area contributed by atoms with Crippen molar-refractivity contribution in [2.75, 3.05) is 39.1 Å². The molecule has 1 aromatic heterocycles. The third kappa shape index (κ3) is 5.28. The highest BCUT2D eigenvalue weighted by Crippen LogP contribution is 2.22. The third-order valence-corrected chi connectivity index (χ3v) is 7.25. The first-order valence-electron chi connectivity index (χ1n) is 10.7. The smallest absolute Gasteiger partial charge is 0.242 e. The monoisotopic (exact) mass is 457 g/mol. The van der Waals surface area contributed by atoms with E-state index in [4.69, 9.17) is 0 Å². The second-order valence-corrected chi connectivity index (χ2v) is 9.97. The third-order valence-electron chi connectivity index (χ3n) is 5.44. The highest BCUT2D eigenvalue weighted by atomic mass is 32.2. The molecule has 2 aromatic carbocycles.